The maximum Gasteiger partial charge on any atom is 0.317 e. The molecule has 3 rings (SSSR count). The first-order valence-electron chi connectivity index (χ1n) is 6.68. The van der Waals surface area contributed by atoms with E-state index in [1.807, 2.05) is 22.2 Å². The molecule has 0 spiro atoms. The number of thiazole rings is 1. The normalized spacial score (nSPS) is 18.0. The molecule has 0 bridgehead atoms. The molecule has 0 atom stereocenters. The number of fused-ring (bicyclic) bond motifs is 1. The molecular weight excluding hydrogens is 312 g/mol. The van der Waals surface area contributed by atoms with E-state index in [1.54, 1.807) is 16.2 Å². The molecule has 1 aliphatic heterocycles. The van der Waals surface area contributed by atoms with Gasteiger partial charge in [-0.25, -0.2) is 18.2 Å². The SMILES string of the molecule is O=C(NCCc1cn2ccsc2n1)N1CCS(=O)(=O)CC1. The van der Waals surface area contributed by atoms with Gasteiger partial charge in [0.1, 0.15) is 0 Å². The third-order valence-corrected chi connectivity index (χ3v) is 5.81. The summed E-state index contributed by atoms with van der Waals surface area (Å²) < 4.78 is 24.6. The second-order valence-corrected chi connectivity index (χ2v) is 8.12. The van der Waals surface area contributed by atoms with Crippen molar-refractivity contribution in [3.05, 3.63) is 23.5 Å². The van der Waals surface area contributed by atoms with Crippen molar-refractivity contribution in [2.75, 3.05) is 31.1 Å². The molecule has 0 unspecified atom stereocenters. The zero-order chi connectivity index (χ0) is 14.9. The molecule has 114 valence electrons. The number of urea groups is 1. The van der Waals surface area contributed by atoms with Gasteiger partial charge in [0.2, 0.25) is 0 Å². The maximum atomic E-state index is 11.9. The molecule has 1 N–H and O–H groups in total. The highest BCUT2D eigenvalue weighted by atomic mass is 32.2. The number of hydrogen-bond acceptors (Lipinski definition) is 5. The van der Waals surface area contributed by atoms with Crippen LogP contribution in [0.4, 0.5) is 4.79 Å². The van der Waals surface area contributed by atoms with Gasteiger partial charge in [-0.3, -0.25) is 4.40 Å². The molecule has 1 aliphatic rings. The van der Waals surface area contributed by atoms with Crippen LogP contribution in [0, 0.1) is 0 Å². The minimum atomic E-state index is -2.95. The second kappa shape index (κ2) is 5.64. The van der Waals surface area contributed by atoms with Gasteiger partial charge in [-0.05, 0) is 0 Å². The number of amides is 2. The third-order valence-electron chi connectivity index (χ3n) is 3.43. The molecule has 1 saturated heterocycles. The van der Waals surface area contributed by atoms with Gasteiger partial charge in [-0.1, -0.05) is 0 Å². The summed E-state index contributed by atoms with van der Waals surface area (Å²) in [6, 6.07) is -0.203. The lowest BCUT2D eigenvalue weighted by molar-refractivity contribution is 0.202. The Morgan fingerprint density at radius 2 is 2.14 bits per heavy atom. The summed E-state index contributed by atoms with van der Waals surface area (Å²) in [4.78, 5) is 18.8. The summed E-state index contributed by atoms with van der Waals surface area (Å²) in [5.41, 5.74) is 0.934. The molecule has 7 nitrogen and oxygen atoms in total. The van der Waals surface area contributed by atoms with Crippen LogP contribution in [0.1, 0.15) is 5.69 Å². The Morgan fingerprint density at radius 1 is 1.38 bits per heavy atom. The van der Waals surface area contributed by atoms with Gasteiger partial charge < -0.3 is 10.2 Å². The second-order valence-electron chi connectivity index (χ2n) is 4.95. The minimum Gasteiger partial charge on any atom is -0.338 e. The number of aromatic nitrogens is 2. The molecule has 2 aromatic heterocycles. The summed E-state index contributed by atoms with van der Waals surface area (Å²) in [6.45, 7) is 1.04. The zero-order valence-corrected chi connectivity index (χ0v) is 13.0. The topological polar surface area (TPSA) is 83.8 Å². The number of nitrogens with zero attached hydrogens (tertiary/aromatic N) is 3. The molecule has 0 radical (unpaired) electrons. The van der Waals surface area contributed by atoms with Crippen molar-refractivity contribution < 1.29 is 13.2 Å². The first-order chi connectivity index (χ1) is 10.0. The fourth-order valence-electron chi connectivity index (χ4n) is 2.22. The first kappa shape index (κ1) is 14.3. The van der Waals surface area contributed by atoms with Crippen LogP contribution in [0.2, 0.25) is 0 Å². The minimum absolute atomic E-state index is 0.0533. The Labute approximate surface area is 126 Å². The smallest absolute Gasteiger partial charge is 0.317 e. The highest BCUT2D eigenvalue weighted by Crippen LogP contribution is 2.11. The van der Waals surface area contributed by atoms with E-state index < -0.39 is 9.84 Å². The zero-order valence-electron chi connectivity index (χ0n) is 11.4. The predicted molar refractivity (Wildman–Crippen MR) is 80.4 cm³/mol. The molecule has 3 heterocycles. The molecule has 9 heteroatoms. The van der Waals surface area contributed by atoms with Crippen LogP contribution in [-0.2, 0) is 16.3 Å². The van der Waals surface area contributed by atoms with E-state index >= 15 is 0 Å². The Bertz CT molecular complexity index is 707. The first-order valence-corrected chi connectivity index (χ1v) is 9.38. The highest BCUT2D eigenvalue weighted by molar-refractivity contribution is 7.91. The summed E-state index contributed by atoms with van der Waals surface area (Å²) in [6.07, 6.45) is 4.56. The van der Waals surface area contributed by atoms with E-state index in [-0.39, 0.29) is 30.6 Å². The largest absolute Gasteiger partial charge is 0.338 e. The van der Waals surface area contributed by atoms with E-state index in [9.17, 15) is 13.2 Å². The third kappa shape index (κ3) is 3.35. The van der Waals surface area contributed by atoms with Crippen molar-refractivity contribution in [2.45, 2.75) is 6.42 Å². The van der Waals surface area contributed by atoms with Gasteiger partial charge in [0.15, 0.2) is 14.8 Å². The summed E-state index contributed by atoms with van der Waals surface area (Å²) in [7, 11) is -2.95. The van der Waals surface area contributed by atoms with Crippen molar-refractivity contribution in [3.63, 3.8) is 0 Å². The fraction of sp³-hybridized carbons (Fsp3) is 0.500. The van der Waals surface area contributed by atoms with Crippen molar-refractivity contribution in [1.82, 2.24) is 19.6 Å². The Morgan fingerprint density at radius 3 is 2.86 bits per heavy atom. The summed E-state index contributed by atoms with van der Waals surface area (Å²) in [5, 5.41) is 4.78. The molecule has 2 amide bonds. The average molecular weight is 328 g/mol. The molecule has 0 aromatic carbocycles. The Hall–Kier alpha value is -1.61. The van der Waals surface area contributed by atoms with Gasteiger partial charge in [-0.15, -0.1) is 11.3 Å². The monoisotopic (exact) mass is 328 g/mol. The molecule has 21 heavy (non-hydrogen) atoms. The predicted octanol–water partition coefficient (Wildman–Crippen LogP) is 0.378. The lowest BCUT2D eigenvalue weighted by atomic mass is 10.3. The number of nitrogens with one attached hydrogen (secondary N) is 1. The fourth-order valence-corrected chi connectivity index (χ4v) is 4.14. The molecular formula is C12H16N4O3S2. The molecule has 1 fully saturated rings. The number of hydrogen-bond donors (Lipinski definition) is 1. The van der Waals surface area contributed by atoms with Crippen LogP contribution < -0.4 is 5.32 Å². The Kier molecular flexibility index (Phi) is 3.85. The van der Waals surface area contributed by atoms with Crippen LogP contribution in [0.25, 0.3) is 4.96 Å². The standard InChI is InChI=1S/C12H16N4O3S2/c17-11(15-4-7-21(18,19)8-5-15)13-2-1-10-9-16-3-6-20-12(16)14-10/h3,6,9H,1-2,4-5,7-8H2,(H,13,17). The van der Waals surface area contributed by atoms with E-state index in [0.717, 1.165) is 10.7 Å². The van der Waals surface area contributed by atoms with Gasteiger partial charge in [-0.2, -0.15) is 0 Å². The van der Waals surface area contributed by atoms with Crippen LogP contribution in [0.15, 0.2) is 17.8 Å². The van der Waals surface area contributed by atoms with Gasteiger partial charge in [0, 0.05) is 43.8 Å². The van der Waals surface area contributed by atoms with Crippen molar-refractivity contribution in [3.8, 4) is 0 Å². The summed E-state index contributed by atoms with van der Waals surface area (Å²) in [5.74, 6) is 0.107. The van der Waals surface area contributed by atoms with Crippen molar-refractivity contribution >= 4 is 32.2 Å². The lowest BCUT2D eigenvalue weighted by Crippen LogP contribution is -2.48. The molecule has 0 aliphatic carbocycles. The summed E-state index contributed by atoms with van der Waals surface area (Å²) >= 11 is 1.57. The molecule has 2 aromatic rings. The number of carbonyl (C=O) groups excluding carboxylic acids is 1. The highest BCUT2D eigenvalue weighted by Gasteiger charge is 2.24. The number of sulfone groups is 1. The van der Waals surface area contributed by atoms with Crippen LogP contribution >= 0.6 is 11.3 Å². The average Bonchev–Trinajstić information content (AvgIpc) is 2.99. The van der Waals surface area contributed by atoms with E-state index in [4.69, 9.17) is 0 Å². The Balaban J connectivity index is 1.47. The van der Waals surface area contributed by atoms with Gasteiger partial charge in [0.25, 0.3) is 0 Å². The van der Waals surface area contributed by atoms with E-state index in [2.05, 4.69) is 10.3 Å². The van der Waals surface area contributed by atoms with Crippen LogP contribution in [0.5, 0.6) is 0 Å². The number of imidazole rings is 1. The van der Waals surface area contributed by atoms with Crippen molar-refractivity contribution in [2.24, 2.45) is 0 Å². The maximum absolute atomic E-state index is 11.9. The van der Waals surface area contributed by atoms with Gasteiger partial charge >= 0.3 is 6.03 Å². The number of carbonyl (C=O) groups is 1. The van der Waals surface area contributed by atoms with Crippen LogP contribution in [0.3, 0.4) is 0 Å². The number of rotatable bonds is 3. The van der Waals surface area contributed by atoms with Crippen molar-refractivity contribution in [1.29, 1.82) is 0 Å². The van der Waals surface area contributed by atoms with Crippen LogP contribution in [-0.4, -0.2) is 59.9 Å². The quantitative estimate of drug-likeness (QED) is 0.883. The van der Waals surface area contributed by atoms with E-state index in [0.29, 0.717) is 13.0 Å². The lowest BCUT2D eigenvalue weighted by Gasteiger charge is -2.26. The van der Waals surface area contributed by atoms with E-state index in [1.165, 1.54) is 0 Å². The van der Waals surface area contributed by atoms with Gasteiger partial charge in [0.05, 0.1) is 17.2 Å². The molecule has 0 saturated carbocycles.